The highest BCUT2D eigenvalue weighted by molar-refractivity contribution is 5.94. The maximum atomic E-state index is 13.3. The topological polar surface area (TPSA) is 158 Å². The highest BCUT2D eigenvalue weighted by Crippen LogP contribution is 2.40. The Bertz CT molecular complexity index is 1950. The van der Waals surface area contributed by atoms with Crippen LogP contribution in [0.25, 0.3) is 0 Å². The lowest BCUT2D eigenvalue weighted by Gasteiger charge is -2.45. The largest absolute Gasteiger partial charge is 0.397 e. The average Bonchev–Trinajstić information content (AvgIpc) is 3.54. The SMILES string of the molecule is Nc1ccccc1NC(=O)CCCCCC(=O)Nc1cccc([C@H]2O[C@@H](CN3CCC4(CC3)C(=O)NCN4c3ccccc3)C[C@@H](c3ccc(CO)cc3)O2)c1. The zero-order chi connectivity index (χ0) is 38.9. The van der Waals surface area contributed by atoms with Gasteiger partial charge in [-0.05, 0) is 73.2 Å². The number of para-hydroxylation sites is 3. The average molecular weight is 761 g/mol. The molecule has 56 heavy (non-hydrogen) atoms. The first kappa shape index (κ1) is 39.0. The number of anilines is 4. The van der Waals surface area contributed by atoms with Gasteiger partial charge in [0, 0.05) is 55.8 Å². The van der Waals surface area contributed by atoms with Crippen molar-refractivity contribution in [2.75, 3.05) is 47.6 Å². The number of rotatable bonds is 14. The van der Waals surface area contributed by atoms with E-state index >= 15 is 0 Å². The van der Waals surface area contributed by atoms with E-state index in [0.717, 1.165) is 41.9 Å². The third kappa shape index (κ3) is 9.39. The number of carbonyl (C=O) groups is 3. The number of aliphatic hydroxyl groups excluding tert-OH is 1. The Kier molecular flexibility index (Phi) is 12.6. The lowest BCUT2D eigenvalue weighted by molar-refractivity contribution is -0.253. The molecule has 1 spiro atoms. The summed E-state index contributed by atoms with van der Waals surface area (Å²) in [6, 6.07) is 32.7. The predicted octanol–water partition coefficient (Wildman–Crippen LogP) is 6.26. The number of piperidine rings is 1. The van der Waals surface area contributed by atoms with E-state index in [1.54, 1.807) is 12.1 Å². The molecule has 0 bridgehead atoms. The number of nitrogen functional groups attached to an aromatic ring is 1. The maximum Gasteiger partial charge on any atom is 0.247 e. The maximum absolute atomic E-state index is 13.3. The standard InChI is InChI=1S/C44H52N6O6/c45-37-14-7-8-15-38(37)48-41(53)17-6-2-5-16-40(52)47-34-11-9-10-33(26-34)42-55-36(27-39(56-42)32-20-18-31(29-51)19-21-32)28-49-24-22-44(23-25-49)43(54)46-30-50(44)35-12-3-1-4-13-35/h1,3-4,7-15,18-21,26,36,39,42,51H,2,5-6,16-17,22-25,27-30,45H2,(H,46,54)(H,47,52)(H,48,53)/t36-,39+,42+/m1/s1. The van der Waals surface area contributed by atoms with Gasteiger partial charge >= 0.3 is 0 Å². The summed E-state index contributed by atoms with van der Waals surface area (Å²) in [7, 11) is 0. The molecule has 294 valence electrons. The Labute approximate surface area is 328 Å². The molecule has 7 rings (SSSR count). The molecule has 0 aliphatic carbocycles. The van der Waals surface area contributed by atoms with E-state index in [-0.39, 0.29) is 36.5 Å². The van der Waals surface area contributed by atoms with Crippen molar-refractivity contribution >= 4 is 40.5 Å². The van der Waals surface area contributed by atoms with E-state index in [0.29, 0.717) is 75.2 Å². The van der Waals surface area contributed by atoms with Crippen molar-refractivity contribution in [2.24, 2.45) is 0 Å². The van der Waals surface area contributed by atoms with E-state index in [4.69, 9.17) is 15.2 Å². The molecule has 3 saturated heterocycles. The van der Waals surface area contributed by atoms with Gasteiger partial charge in [-0.25, -0.2) is 0 Å². The van der Waals surface area contributed by atoms with Crippen LogP contribution in [0.15, 0.2) is 103 Å². The van der Waals surface area contributed by atoms with Crippen molar-refractivity contribution in [1.82, 2.24) is 10.2 Å². The Morgan fingerprint density at radius 1 is 0.821 bits per heavy atom. The van der Waals surface area contributed by atoms with E-state index in [1.165, 1.54) is 0 Å². The molecule has 3 fully saturated rings. The molecule has 0 saturated carbocycles. The predicted molar refractivity (Wildman–Crippen MR) is 216 cm³/mol. The number of amides is 3. The van der Waals surface area contributed by atoms with Gasteiger partial charge in [-0.2, -0.15) is 0 Å². The Morgan fingerprint density at radius 3 is 2.27 bits per heavy atom. The smallest absolute Gasteiger partial charge is 0.247 e. The zero-order valence-corrected chi connectivity index (χ0v) is 31.7. The molecule has 4 aromatic carbocycles. The van der Waals surface area contributed by atoms with Crippen molar-refractivity contribution in [2.45, 2.75) is 82.0 Å². The quantitative estimate of drug-likeness (QED) is 0.0739. The summed E-state index contributed by atoms with van der Waals surface area (Å²) >= 11 is 0. The minimum atomic E-state index is -0.671. The van der Waals surface area contributed by atoms with E-state index < -0.39 is 11.8 Å². The van der Waals surface area contributed by atoms with E-state index in [9.17, 15) is 19.5 Å². The summed E-state index contributed by atoms with van der Waals surface area (Å²) in [5.74, 6) is -0.101. The summed E-state index contributed by atoms with van der Waals surface area (Å²) in [5.41, 5.74) is 10.8. The number of carbonyl (C=O) groups excluding carboxylic acids is 3. The van der Waals surface area contributed by atoms with Gasteiger partial charge in [-0.3, -0.25) is 14.4 Å². The minimum absolute atomic E-state index is 0.0311. The molecular weight excluding hydrogens is 709 g/mol. The van der Waals surface area contributed by atoms with Gasteiger partial charge in [-0.15, -0.1) is 0 Å². The van der Waals surface area contributed by atoms with Gasteiger partial charge < -0.3 is 46.1 Å². The molecule has 0 unspecified atom stereocenters. The van der Waals surface area contributed by atoms with Crippen LogP contribution in [0.3, 0.4) is 0 Å². The van der Waals surface area contributed by atoms with Crippen LogP contribution in [0.2, 0.25) is 0 Å². The molecule has 3 heterocycles. The monoisotopic (exact) mass is 760 g/mol. The van der Waals surface area contributed by atoms with Crippen molar-refractivity contribution < 1.29 is 29.0 Å². The summed E-state index contributed by atoms with van der Waals surface area (Å²) in [5, 5.41) is 18.6. The molecule has 3 aliphatic rings. The molecule has 3 aliphatic heterocycles. The molecular formula is C44H52N6O6. The fourth-order valence-corrected chi connectivity index (χ4v) is 8.02. The molecule has 12 heteroatoms. The van der Waals surface area contributed by atoms with Gasteiger partial charge in [-0.1, -0.05) is 73.2 Å². The molecule has 0 aromatic heterocycles. The Morgan fingerprint density at radius 2 is 1.54 bits per heavy atom. The molecule has 4 aromatic rings. The lowest BCUT2D eigenvalue weighted by atomic mass is 9.85. The minimum Gasteiger partial charge on any atom is -0.397 e. The summed E-state index contributed by atoms with van der Waals surface area (Å²) in [4.78, 5) is 43.1. The third-order valence-corrected chi connectivity index (χ3v) is 11.2. The molecule has 12 nitrogen and oxygen atoms in total. The van der Waals surface area contributed by atoms with Crippen molar-refractivity contribution in [3.8, 4) is 0 Å². The second-order valence-corrected chi connectivity index (χ2v) is 15.0. The number of nitrogens with two attached hydrogens (primary N) is 1. The summed E-state index contributed by atoms with van der Waals surface area (Å²) in [6.45, 7) is 2.68. The van der Waals surface area contributed by atoms with Gasteiger partial charge in [0.15, 0.2) is 6.29 Å². The van der Waals surface area contributed by atoms with Gasteiger partial charge in [0.2, 0.25) is 17.7 Å². The lowest BCUT2D eigenvalue weighted by Crippen LogP contribution is -2.57. The van der Waals surface area contributed by atoms with E-state index in [2.05, 4.69) is 37.9 Å². The Hall–Kier alpha value is -5.27. The van der Waals surface area contributed by atoms with Crippen LogP contribution >= 0.6 is 0 Å². The van der Waals surface area contributed by atoms with Gasteiger partial charge in [0.1, 0.15) is 5.54 Å². The number of aliphatic hydroxyl groups is 1. The zero-order valence-electron chi connectivity index (χ0n) is 31.7. The number of benzene rings is 4. The number of likely N-dealkylation sites (tertiary alicyclic amines) is 1. The molecule has 6 N–H and O–H groups in total. The van der Waals surface area contributed by atoms with Crippen LogP contribution in [-0.2, 0) is 30.5 Å². The highest BCUT2D eigenvalue weighted by Gasteiger charge is 2.50. The van der Waals surface area contributed by atoms with E-state index in [1.807, 2.05) is 78.9 Å². The van der Waals surface area contributed by atoms with Crippen LogP contribution in [0, 0.1) is 0 Å². The second kappa shape index (κ2) is 18.1. The van der Waals surface area contributed by atoms with Gasteiger partial charge in [0.05, 0.1) is 36.9 Å². The number of nitrogens with one attached hydrogen (secondary N) is 3. The van der Waals surface area contributed by atoms with Crippen molar-refractivity contribution in [3.05, 3.63) is 120 Å². The normalized spacial score (nSPS) is 20.8. The first-order valence-corrected chi connectivity index (χ1v) is 19.7. The summed E-state index contributed by atoms with van der Waals surface area (Å²) < 4.78 is 13.3. The third-order valence-electron chi connectivity index (χ3n) is 11.2. The van der Waals surface area contributed by atoms with Crippen LogP contribution in [0.4, 0.5) is 22.7 Å². The van der Waals surface area contributed by atoms with Crippen LogP contribution in [0.1, 0.15) is 80.5 Å². The number of hydrogen-bond donors (Lipinski definition) is 5. The summed E-state index contributed by atoms with van der Waals surface area (Å²) in [6.07, 6.45) is 3.77. The second-order valence-electron chi connectivity index (χ2n) is 15.0. The molecule has 0 radical (unpaired) electrons. The van der Waals surface area contributed by atoms with Crippen LogP contribution in [-0.4, -0.2) is 65.7 Å². The number of ether oxygens (including phenoxy) is 2. The van der Waals surface area contributed by atoms with Crippen LogP contribution < -0.4 is 26.6 Å². The number of hydrogen-bond acceptors (Lipinski definition) is 9. The molecule has 3 atom stereocenters. The van der Waals surface area contributed by atoms with Crippen molar-refractivity contribution in [1.29, 1.82) is 0 Å². The first-order chi connectivity index (χ1) is 27.3. The highest BCUT2D eigenvalue weighted by atomic mass is 16.7. The molecule has 3 amide bonds. The number of nitrogens with zero attached hydrogens (tertiary/aromatic N) is 2. The fourth-order valence-electron chi connectivity index (χ4n) is 8.02. The van der Waals surface area contributed by atoms with Crippen LogP contribution in [0.5, 0.6) is 0 Å². The Balaban J connectivity index is 0.949. The fraction of sp³-hybridized carbons (Fsp3) is 0.386. The number of unbranched alkanes of at least 4 members (excludes halogenated alkanes) is 2. The van der Waals surface area contributed by atoms with Gasteiger partial charge in [0.25, 0.3) is 0 Å². The van der Waals surface area contributed by atoms with Crippen molar-refractivity contribution in [3.63, 3.8) is 0 Å². The first-order valence-electron chi connectivity index (χ1n) is 19.7.